The number of dihydropyridines is 1. The van der Waals surface area contributed by atoms with E-state index in [4.69, 9.17) is 5.73 Å². The van der Waals surface area contributed by atoms with E-state index in [1.54, 1.807) is 0 Å². The molecule has 3 nitrogen and oxygen atoms in total. The Morgan fingerprint density at radius 2 is 2.28 bits per heavy atom. The number of hydrogen-bond donors (Lipinski definition) is 2. The molecule has 94 valence electrons. The van der Waals surface area contributed by atoms with Crippen LogP contribution in [0.5, 0.6) is 0 Å². The number of fused-ring (bicyclic) bond motifs is 1. The zero-order valence-electron chi connectivity index (χ0n) is 10.5. The van der Waals surface area contributed by atoms with Gasteiger partial charge in [-0.25, -0.2) is 0 Å². The van der Waals surface area contributed by atoms with Crippen LogP contribution in [0.15, 0.2) is 42.2 Å². The zero-order chi connectivity index (χ0) is 12.4. The van der Waals surface area contributed by atoms with Gasteiger partial charge in [0.25, 0.3) is 0 Å². The van der Waals surface area contributed by atoms with Crippen molar-refractivity contribution >= 4 is 5.69 Å². The van der Waals surface area contributed by atoms with Gasteiger partial charge in [0.15, 0.2) is 0 Å². The molecule has 0 aliphatic carbocycles. The maximum Gasteiger partial charge on any atom is 0.0409 e. The van der Waals surface area contributed by atoms with Crippen LogP contribution < -0.4 is 16.0 Å². The van der Waals surface area contributed by atoms with Gasteiger partial charge in [-0.3, -0.25) is 0 Å². The van der Waals surface area contributed by atoms with Gasteiger partial charge in [0.05, 0.1) is 0 Å². The first kappa shape index (κ1) is 11.4. The number of benzene rings is 1. The third kappa shape index (κ3) is 2.14. The summed E-state index contributed by atoms with van der Waals surface area (Å²) in [6.07, 6.45) is 8.48. The fourth-order valence-corrected chi connectivity index (χ4v) is 2.64. The van der Waals surface area contributed by atoms with Gasteiger partial charge in [-0.05, 0) is 41.8 Å². The highest BCUT2D eigenvalue weighted by Gasteiger charge is 2.19. The smallest absolute Gasteiger partial charge is 0.0409 e. The topological polar surface area (TPSA) is 41.3 Å². The molecule has 18 heavy (non-hydrogen) atoms. The summed E-state index contributed by atoms with van der Waals surface area (Å²) in [5.41, 5.74) is 11.2. The van der Waals surface area contributed by atoms with Gasteiger partial charge < -0.3 is 16.0 Å². The SMILES string of the molecule is NCc1ccc2c(c1)N(CC1=CNC=CC1)CC2. The summed E-state index contributed by atoms with van der Waals surface area (Å²) < 4.78 is 0. The molecule has 3 heteroatoms. The summed E-state index contributed by atoms with van der Waals surface area (Å²) in [5, 5.41) is 3.17. The van der Waals surface area contributed by atoms with Crippen LogP contribution >= 0.6 is 0 Å². The summed E-state index contributed by atoms with van der Waals surface area (Å²) >= 11 is 0. The van der Waals surface area contributed by atoms with Crippen molar-refractivity contribution in [3.8, 4) is 0 Å². The lowest BCUT2D eigenvalue weighted by Crippen LogP contribution is -2.24. The van der Waals surface area contributed by atoms with E-state index in [2.05, 4.69) is 40.7 Å². The number of hydrogen-bond acceptors (Lipinski definition) is 3. The van der Waals surface area contributed by atoms with E-state index in [1.165, 1.54) is 22.4 Å². The van der Waals surface area contributed by atoms with Crippen LogP contribution in [0.1, 0.15) is 17.5 Å². The maximum absolute atomic E-state index is 5.72. The lowest BCUT2D eigenvalue weighted by molar-refractivity contribution is 0.850. The first-order chi connectivity index (χ1) is 8.86. The van der Waals surface area contributed by atoms with Crippen molar-refractivity contribution < 1.29 is 0 Å². The van der Waals surface area contributed by atoms with Crippen molar-refractivity contribution in [1.82, 2.24) is 5.32 Å². The average Bonchev–Trinajstić information content (AvgIpc) is 2.82. The van der Waals surface area contributed by atoms with Gasteiger partial charge in [0.1, 0.15) is 0 Å². The van der Waals surface area contributed by atoms with Gasteiger partial charge in [-0.1, -0.05) is 18.2 Å². The summed E-state index contributed by atoms with van der Waals surface area (Å²) in [5.74, 6) is 0. The second-order valence-corrected chi connectivity index (χ2v) is 4.91. The Hall–Kier alpha value is -1.74. The summed E-state index contributed by atoms with van der Waals surface area (Å²) in [4.78, 5) is 2.46. The molecule has 1 aromatic carbocycles. The summed E-state index contributed by atoms with van der Waals surface area (Å²) in [6.45, 7) is 2.75. The maximum atomic E-state index is 5.72. The van der Waals surface area contributed by atoms with Crippen molar-refractivity contribution in [1.29, 1.82) is 0 Å². The van der Waals surface area contributed by atoms with Crippen LogP contribution in [0.3, 0.4) is 0 Å². The van der Waals surface area contributed by atoms with Gasteiger partial charge in [0.2, 0.25) is 0 Å². The van der Waals surface area contributed by atoms with E-state index in [-0.39, 0.29) is 0 Å². The first-order valence-corrected chi connectivity index (χ1v) is 6.52. The highest BCUT2D eigenvalue weighted by Crippen LogP contribution is 2.30. The molecule has 0 spiro atoms. The van der Waals surface area contributed by atoms with E-state index >= 15 is 0 Å². The molecule has 0 atom stereocenters. The molecular weight excluding hydrogens is 222 g/mol. The van der Waals surface area contributed by atoms with Gasteiger partial charge in [-0.15, -0.1) is 0 Å². The monoisotopic (exact) mass is 241 g/mol. The van der Waals surface area contributed by atoms with E-state index in [1.807, 2.05) is 6.20 Å². The predicted octanol–water partition coefficient (Wildman–Crippen LogP) is 1.90. The fraction of sp³-hybridized carbons (Fsp3) is 0.333. The van der Waals surface area contributed by atoms with E-state index in [9.17, 15) is 0 Å². The molecular formula is C15H19N3. The number of nitrogens with zero attached hydrogens (tertiary/aromatic N) is 1. The molecule has 0 saturated heterocycles. The van der Waals surface area contributed by atoms with Gasteiger partial charge in [-0.2, -0.15) is 0 Å². The summed E-state index contributed by atoms with van der Waals surface area (Å²) in [6, 6.07) is 6.62. The Balaban J connectivity index is 1.79. The second kappa shape index (κ2) is 4.86. The van der Waals surface area contributed by atoms with Crippen molar-refractivity contribution in [3.63, 3.8) is 0 Å². The fourth-order valence-electron chi connectivity index (χ4n) is 2.64. The first-order valence-electron chi connectivity index (χ1n) is 6.52. The minimum atomic E-state index is 0.619. The molecule has 2 aliphatic rings. The number of rotatable bonds is 3. The number of anilines is 1. The number of nitrogens with two attached hydrogens (primary N) is 1. The Bertz CT molecular complexity index is 502. The van der Waals surface area contributed by atoms with Crippen LogP contribution in [-0.4, -0.2) is 13.1 Å². The molecule has 0 bridgehead atoms. The molecule has 2 heterocycles. The van der Waals surface area contributed by atoms with Crippen molar-refractivity contribution in [2.24, 2.45) is 5.73 Å². The van der Waals surface area contributed by atoms with E-state index in [0.29, 0.717) is 6.54 Å². The van der Waals surface area contributed by atoms with E-state index < -0.39 is 0 Å². The Labute approximate surface area is 108 Å². The van der Waals surface area contributed by atoms with Gasteiger partial charge in [0, 0.05) is 31.5 Å². The third-order valence-electron chi connectivity index (χ3n) is 3.65. The normalized spacial score (nSPS) is 17.4. The quantitative estimate of drug-likeness (QED) is 0.849. The van der Waals surface area contributed by atoms with Crippen molar-refractivity contribution in [3.05, 3.63) is 53.4 Å². The van der Waals surface area contributed by atoms with Crippen LogP contribution in [0.25, 0.3) is 0 Å². The zero-order valence-corrected chi connectivity index (χ0v) is 10.5. The predicted molar refractivity (Wildman–Crippen MR) is 75.2 cm³/mol. The molecule has 0 saturated carbocycles. The molecule has 0 aromatic heterocycles. The Morgan fingerprint density at radius 1 is 1.33 bits per heavy atom. The lowest BCUT2D eigenvalue weighted by atomic mass is 10.1. The molecule has 0 radical (unpaired) electrons. The largest absolute Gasteiger partial charge is 0.368 e. The average molecular weight is 241 g/mol. The van der Waals surface area contributed by atoms with E-state index in [0.717, 1.165) is 25.9 Å². The molecule has 1 aromatic rings. The lowest BCUT2D eigenvalue weighted by Gasteiger charge is -2.22. The van der Waals surface area contributed by atoms with Crippen LogP contribution in [-0.2, 0) is 13.0 Å². The third-order valence-corrected chi connectivity index (χ3v) is 3.65. The molecule has 3 rings (SSSR count). The van der Waals surface area contributed by atoms with Crippen molar-refractivity contribution in [2.45, 2.75) is 19.4 Å². The molecule has 0 amide bonds. The second-order valence-electron chi connectivity index (χ2n) is 4.91. The highest BCUT2D eigenvalue weighted by molar-refractivity contribution is 5.60. The molecule has 2 aliphatic heterocycles. The molecule has 3 N–H and O–H groups in total. The number of nitrogens with one attached hydrogen (secondary N) is 1. The Kier molecular flexibility index (Phi) is 3.07. The standard InChI is InChI=1S/C15H19N3/c16-9-12-3-4-14-5-7-18(15(14)8-12)11-13-2-1-6-17-10-13/h1,3-4,6,8,10,17H,2,5,7,9,11,16H2. The van der Waals surface area contributed by atoms with Crippen LogP contribution in [0.2, 0.25) is 0 Å². The molecule has 0 fully saturated rings. The van der Waals surface area contributed by atoms with Crippen LogP contribution in [0, 0.1) is 0 Å². The minimum absolute atomic E-state index is 0.619. The highest BCUT2D eigenvalue weighted by atomic mass is 15.1. The molecule has 0 unspecified atom stereocenters. The van der Waals surface area contributed by atoms with Crippen LogP contribution in [0.4, 0.5) is 5.69 Å². The van der Waals surface area contributed by atoms with Gasteiger partial charge >= 0.3 is 0 Å². The Morgan fingerprint density at radius 3 is 3.06 bits per heavy atom. The summed E-state index contributed by atoms with van der Waals surface area (Å²) in [7, 11) is 0. The number of allylic oxidation sites excluding steroid dienone is 1. The minimum Gasteiger partial charge on any atom is -0.368 e. The van der Waals surface area contributed by atoms with Crippen molar-refractivity contribution in [2.75, 3.05) is 18.0 Å².